The molecule has 0 aromatic heterocycles. The van der Waals surface area contributed by atoms with Gasteiger partial charge in [-0.25, -0.2) is 0 Å². The van der Waals surface area contributed by atoms with Crippen LogP contribution in [0.2, 0.25) is 5.02 Å². The molecule has 1 aromatic rings. The van der Waals surface area contributed by atoms with Crippen LogP contribution in [0.1, 0.15) is 18.4 Å². The molecule has 0 aliphatic rings. The van der Waals surface area contributed by atoms with Gasteiger partial charge in [0.05, 0.1) is 0 Å². The predicted molar refractivity (Wildman–Crippen MR) is 66.3 cm³/mol. The fourth-order valence-electron chi connectivity index (χ4n) is 1.55. The van der Waals surface area contributed by atoms with Gasteiger partial charge in [0, 0.05) is 23.6 Å². The predicted octanol–water partition coefficient (Wildman–Crippen LogP) is 2.34. The first-order valence-electron chi connectivity index (χ1n) is 5.37. The van der Waals surface area contributed by atoms with Gasteiger partial charge in [0.25, 0.3) is 0 Å². The lowest BCUT2D eigenvalue weighted by Crippen LogP contribution is -2.19. The monoisotopic (exact) mass is 257 g/mol. The van der Waals surface area contributed by atoms with Crippen LogP contribution in [0.5, 0.6) is 5.75 Å². The number of carbonyl (C=O) groups is 1. The second-order valence-corrected chi connectivity index (χ2v) is 4.44. The van der Waals surface area contributed by atoms with E-state index in [0.29, 0.717) is 24.5 Å². The zero-order valence-electron chi connectivity index (χ0n) is 9.69. The average molecular weight is 258 g/mol. The maximum Gasteiger partial charge on any atom is 0.303 e. The Hall–Kier alpha value is -1.26. The Bertz CT molecular complexity index is 395. The van der Waals surface area contributed by atoms with Crippen molar-refractivity contribution in [3.05, 3.63) is 28.8 Å². The SMILES string of the molecule is CN(CCCC(=O)O)Cc1cc(Cl)ccc1O. The van der Waals surface area contributed by atoms with E-state index in [0.717, 1.165) is 5.56 Å². The smallest absolute Gasteiger partial charge is 0.303 e. The number of hydrogen-bond donors (Lipinski definition) is 2. The van der Waals surface area contributed by atoms with Gasteiger partial charge in [-0.3, -0.25) is 4.79 Å². The molecule has 0 radical (unpaired) electrons. The zero-order chi connectivity index (χ0) is 12.8. The van der Waals surface area contributed by atoms with E-state index in [2.05, 4.69) is 0 Å². The van der Waals surface area contributed by atoms with E-state index in [1.54, 1.807) is 18.2 Å². The van der Waals surface area contributed by atoms with Gasteiger partial charge in [0.15, 0.2) is 0 Å². The minimum absolute atomic E-state index is 0.159. The summed E-state index contributed by atoms with van der Waals surface area (Å²) in [6.45, 7) is 1.21. The summed E-state index contributed by atoms with van der Waals surface area (Å²) in [6.07, 6.45) is 0.749. The second kappa shape index (κ2) is 6.47. The van der Waals surface area contributed by atoms with Crippen molar-refractivity contribution in [3.63, 3.8) is 0 Å². The minimum Gasteiger partial charge on any atom is -0.508 e. The number of hydrogen-bond acceptors (Lipinski definition) is 3. The van der Waals surface area contributed by atoms with E-state index in [1.165, 1.54) is 0 Å². The number of aliphatic carboxylic acids is 1. The molecule has 5 heteroatoms. The highest BCUT2D eigenvalue weighted by molar-refractivity contribution is 6.30. The molecule has 0 saturated heterocycles. The molecule has 0 spiro atoms. The number of benzene rings is 1. The highest BCUT2D eigenvalue weighted by atomic mass is 35.5. The van der Waals surface area contributed by atoms with Crippen LogP contribution in [-0.2, 0) is 11.3 Å². The molecule has 4 nitrogen and oxygen atoms in total. The topological polar surface area (TPSA) is 60.8 Å². The lowest BCUT2D eigenvalue weighted by molar-refractivity contribution is -0.137. The molecule has 0 unspecified atom stereocenters. The quantitative estimate of drug-likeness (QED) is 0.821. The third kappa shape index (κ3) is 5.06. The lowest BCUT2D eigenvalue weighted by Gasteiger charge is -2.17. The number of carboxylic acids is 1. The number of phenolic OH excluding ortho intramolecular Hbond substituents is 1. The van der Waals surface area contributed by atoms with Crippen LogP contribution in [-0.4, -0.2) is 34.7 Å². The van der Waals surface area contributed by atoms with Crippen molar-refractivity contribution in [3.8, 4) is 5.75 Å². The molecule has 0 atom stereocenters. The number of nitrogens with zero attached hydrogens (tertiary/aromatic N) is 1. The summed E-state index contributed by atoms with van der Waals surface area (Å²) in [5.41, 5.74) is 0.746. The van der Waals surface area contributed by atoms with Gasteiger partial charge in [-0.05, 0) is 38.2 Å². The van der Waals surface area contributed by atoms with Gasteiger partial charge >= 0.3 is 5.97 Å². The van der Waals surface area contributed by atoms with Gasteiger partial charge in [-0.2, -0.15) is 0 Å². The van der Waals surface area contributed by atoms with Crippen molar-refractivity contribution >= 4 is 17.6 Å². The molecule has 0 saturated carbocycles. The van der Waals surface area contributed by atoms with E-state index in [1.807, 2.05) is 11.9 Å². The van der Waals surface area contributed by atoms with Crippen molar-refractivity contribution in [1.29, 1.82) is 0 Å². The van der Waals surface area contributed by atoms with Gasteiger partial charge in [-0.1, -0.05) is 11.6 Å². The molecule has 1 aromatic carbocycles. The fraction of sp³-hybridized carbons (Fsp3) is 0.417. The molecular formula is C12H16ClNO3. The van der Waals surface area contributed by atoms with Gasteiger partial charge in [0.1, 0.15) is 5.75 Å². The van der Waals surface area contributed by atoms with Crippen molar-refractivity contribution in [1.82, 2.24) is 4.90 Å². The van der Waals surface area contributed by atoms with E-state index < -0.39 is 5.97 Å². The molecule has 94 valence electrons. The summed E-state index contributed by atoms with van der Waals surface area (Å²) < 4.78 is 0. The minimum atomic E-state index is -0.788. The van der Waals surface area contributed by atoms with Gasteiger partial charge in [-0.15, -0.1) is 0 Å². The normalized spacial score (nSPS) is 10.8. The van der Waals surface area contributed by atoms with Crippen LogP contribution >= 0.6 is 11.6 Å². The largest absolute Gasteiger partial charge is 0.508 e. The van der Waals surface area contributed by atoms with E-state index >= 15 is 0 Å². The molecular weight excluding hydrogens is 242 g/mol. The maximum absolute atomic E-state index is 10.4. The van der Waals surface area contributed by atoms with E-state index in [-0.39, 0.29) is 12.2 Å². The molecule has 0 aliphatic heterocycles. The summed E-state index contributed by atoms with van der Waals surface area (Å²) in [6, 6.07) is 4.90. The Balaban J connectivity index is 2.47. The second-order valence-electron chi connectivity index (χ2n) is 4.01. The number of phenols is 1. The number of aromatic hydroxyl groups is 1. The molecule has 2 N–H and O–H groups in total. The first-order valence-corrected chi connectivity index (χ1v) is 5.74. The average Bonchev–Trinajstić information content (AvgIpc) is 2.23. The standard InChI is InChI=1S/C12H16ClNO3/c1-14(6-2-3-12(16)17)8-9-7-10(13)4-5-11(9)15/h4-5,7,15H,2-3,6,8H2,1H3,(H,16,17). The van der Waals surface area contributed by atoms with Crippen LogP contribution in [0.25, 0.3) is 0 Å². The van der Waals surface area contributed by atoms with Crippen LogP contribution < -0.4 is 0 Å². The molecule has 0 bridgehead atoms. The highest BCUT2D eigenvalue weighted by Gasteiger charge is 2.06. The Morgan fingerprint density at radius 1 is 1.47 bits per heavy atom. The van der Waals surface area contributed by atoms with Crippen LogP contribution in [0.3, 0.4) is 0 Å². The Labute approximate surface area is 105 Å². The molecule has 1 rings (SSSR count). The first kappa shape index (κ1) is 13.8. The molecule has 0 heterocycles. The van der Waals surface area contributed by atoms with Crippen molar-refractivity contribution in [2.45, 2.75) is 19.4 Å². The third-order valence-corrected chi connectivity index (χ3v) is 2.65. The molecule has 0 aliphatic carbocycles. The summed E-state index contributed by atoms with van der Waals surface area (Å²) >= 11 is 5.84. The van der Waals surface area contributed by atoms with Crippen LogP contribution in [0, 0.1) is 0 Å². The highest BCUT2D eigenvalue weighted by Crippen LogP contribution is 2.22. The summed E-state index contributed by atoms with van der Waals surface area (Å²) in [5, 5.41) is 18.7. The van der Waals surface area contributed by atoms with Gasteiger partial charge < -0.3 is 15.1 Å². The van der Waals surface area contributed by atoms with Crippen LogP contribution in [0.4, 0.5) is 0 Å². The maximum atomic E-state index is 10.4. The third-order valence-electron chi connectivity index (χ3n) is 2.41. The lowest BCUT2D eigenvalue weighted by atomic mass is 10.2. The van der Waals surface area contributed by atoms with E-state index in [4.69, 9.17) is 16.7 Å². The summed E-state index contributed by atoms with van der Waals surface area (Å²) in [7, 11) is 1.88. The fourth-order valence-corrected chi connectivity index (χ4v) is 1.75. The zero-order valence-corrected chi connectivity index (χ0v) is 10.4. The number of carboxylic acid groups (broad SMARTS) is 1. The first-order chi connectivity index (χ1) is 7.99. The van der Waals surface area contributed by atoms with Crippen LogP contribution in [0.15, 0.2) is 18.2 Å². The summed E-state index contributed by atoms with van der Waals surface area (Å²) in [4.78, 5) is 12.3. The molecule has 0 amide bonds. The molecule has 0 fully saturated rings. The number of halogens is 1. The summed E-state index contributed by atoms with van der Waals surface area (Å²) in [5.74, 6) is -0.580. The Morgan fingerprint density at radius 2 is 2.18 bits per heavy atom. The van der Waals surface area contributed by atoms with Crippen molar-refractivity contribution in [2.24, 2.45) is 0 Å². The van der Waals surface area contributed by atoms with Gasteiger partial charge in [0.2, 0.25) is 0 Å². The van der Waals surface area contributed by atoms with Crippen molar-refractivity contribution in [2.75, 3.05) is 13.6 Å². The number of rotatable bonds is 6. The van der Waals surface area contributed by atoms with Crippen molar-refractivity contribution < 1.29 is 15.0 Å². The Kier molecular flexibility index (Phi) is 5.25. The Morgan fingerprint density at radius 3 is 2.82 bits per heavy atom. The van der Waals surface area contributed by atoms with E-state index in [9.17, 15) is 9.90 Å². The molecule has 17 heavy (non-hydrogen) atoms.